The van der Waals surface area contributed by atoms with Crippen molar-refractivity contribution in [2.24, 2.45) is 5.41 Å². The van der Waals surface area contributed by atoms with Crippen LogP contribution in [0.4, 0.5) is 0 Å². The molecule has 0 radical (unpaired) electrons. The second-order valence-electron chi connectivity index (χ2n) is 6.66. The van der Waals surface area contributed by atoms with Crippen LogP contribution in [0.5, 0.6) is 5.75 Å². The SMILES string of the molecule is CC1(C)C=C(C(=O)OCc2ccccc2)c2cc(Cl)c(Cl)cc2OC1. The number of carbonyl (C=O) groups excluding carboxylic acids is 1. The maximum Gasteiger partial charge on any atom is 0.338 e. The first-order valence-electron chi connectivity index (χ1n) is 7.92. The molecule has 1 heterocycles. The minimum absolute atomic E-state index is 0.203. The van der Waals surface area contributed by atoms with Crippen molar-refractivity contribution >= 4 is 34.7 Å². The Morgan fingerprint density at radius 3 is 2.56 bits per heavy atom. The van der Waals surface area contributed by atoms with Crippen LogP contribution in [-0.2, 0) is 16.1 Å². The maximum atomic E-state index is 12.7. The largest absolute Gasteiger partial charge is 0.492 e. The summed E-state index contributed by atoms with van der Waals surface area (Å²) in [6.07, 6.45) is 1.87. The standard InChI is InChI=1S/C20H18Cl2O3/c1-20(2)10-15(19(23)24-11-13-6-4-3-5-7-13)14-8-16(21)17(22)9-18(14)25-12-20/h3-10H,11-12H2,1-2H3. The predicted octanol–water partition coefficient (Wildman–Crippen LogP) is 5.54. The molecule has 0 fully saturated rings. The molecule has 0 spiro atoms. The fourth-order valence-corrected chi connectivity index (χ4v) is 2.92. The number of ether oxygens (including phenoxy) is 2. The van der Waals surface area contributed by atoms with E-state index in [1.165, 1.54) is 0 Å². The number of halogens is 2. The fraction of sp³-hybridized carbons (Fsp3) is 0.250. The van der Waals surface area contributed by atoms with Crippen LogP contribution in [0.3, 0.4) is 0 Å². The van der Waals surface area contributed by atoms with Gasteiger partial charge in [0.25, 0.3) is 0 Å². The molecule has 0 aromatic heterocycles. The number of hydrogen-bond donors (Lipinski definition) is 0. The average Bonchev–Trinajstić information content (AvgIpc) is 2.71. The molecular weight excluding hydrogens is 359 g/mol. The molecule has 1 aliphatic heterocycles. The highest BCUT2D eigenvalue weighted by Crippen LogP contribution is 2.40. The maximum absolute atomic E-state index is 12.7. The van der Waals surface area contributed by atoms with E-state index in [2.05, 4.69) is 0 Å². The molecule has 0 atom stereocenters. The van der Waals surface area contributed by atoms with Crippen LogP contribution in [0.15, 0.2) is 48.5 Å². The topological polar surface area (TPSA) is 35.5 Å². The van der Waals surface area contributed by atoms with Gasteiger partial charge in [-0.05, 0) is 11.6 Å². The normalized spacial score (nSPS) is 15.4. The molecule has 1 aliphatic rings. The number of fused-ring (bicyclic) bond motifs is 1. The van der Waals surface area contributed by atoms with Gasteiger partial charge in [-0.1, -0.05) is 73.5 Å². The van der Waals surface area contributed by atoms with Crippen LogP contribution < -0.4 is 4.74 Å². The Hall–Kier alpha value is -1.97. The van der Waals surface area contributed by atoms with Crippen LogP contribution in [0.25, 0.3) is 5.57 Å². The van der Waals surface area contributed by atoms with Crippen LogP contribution in [-0.4, -0.2) is 12.6 Å². The van der Waals surface area contributed by atoms with Gasteiger partial charge in [0, 0.05) is 17.0 Å². The molecule has 130 valence electrons. The van der Waals surface area contributed by atoms with Gasteiger partial charge >= 0.3 is 5.97 Å². The van der Waals surface area contributed by atoms with Crippen molar-refractivity contribution in [2.75, 3.05) is 6.61 Å². The predicted molar refractivity (Wildman–Crippen MR) is 100.0 cm³/mol. The molecule has 25 heavy (non-hydrogen) atoms. The summed E-state index contributed by atoms with van der Waals surface area (Å²) in [7, 11) is 0. The summed E-state index contributed by atoms with van der Waals surface area (Å²) in [5.74, 6) is 0.116. The minimum Gasteiger partial charge on any atom is -0.492 e. The summed E-state index contributed by atoms with van der Waals surface area (Å²) >= 11 is 12.2. The van der Waals surface area contributed by atoms with E-state index in [9.17, 15) is 4.79 Å². The number of esters is 1. The van der Waals surface area contributed by atoms with E-state index >= 15 is 0 Å². The molecule has 3 rings (SSSR count). The third-order valence-corrected chi connectivity index (χ3v) is 4.60. The molecule has 0 unspecified atom stereocenters. The van der Waals surface area contributed by atoms with Gasteiger partial charge in [-0.3, -0.25) is 0 Å². The van der Waals surface area contributed by atoms with E-state index in [-0.39, 0.29) is 12.0 Å². The first-order chi connectivity index (χ1) is 11.9. The Bertz CT molecular complexity index is 826. The zero-order valence-electron chi connectivity index (χ0n) is 14.0. The van der Waals surface area contributed by atoms with Gasteiger partial charge in [0.15, 0.2) is 0 Å². The Morgan fingerprint density at radius 1 is 1.16 bits per heavy atom. The van der Waals surface area contributed by atoms with Crippen LogP contribution in [0.2, 0.25) is 10.0 Å². The van der Waals surface area contributed by atoms with Crippen molar-refractivity contribution in [1.29, 1.82) is 0 Å². The van der Waals surface area contributed by atoms with Crippen molar-refractivity contribution in [3.63, 3.8) is 0 Å². The molecule has 5 heteroatoms. The highest BCUT2D eigenvalue weighted by atomic mass is 35.5. The van der Waals surface area contributed by atoms with Crippen molar-refractivity contribution in [3.8, 4) is 5.75 Å². The number of carbonyl (C=O) groups is 1. The Kier molecular flexibility index (Phi) is 5.07. The van der Waals surface area contributed by atoms with Gasteiger partial charge in [-0.15, -0.1) is 0 Å². The highest BCUT2D eigenvalue weighted by molar-refractivity contribution is 6.42. The molecule has 0 saturated heterocycles. The van der Waals surface area contributed by atoms with Gasteiger partial charge in [0.05, 0.1) is 22.2 Å². The average molecular weight is 377 g/mol. The van der Waals surface area contributed by atoms with Gasteiger partial charge in [-0.2, -0.15) is 0 Å². The van der Waals surface area contributed by atoms with Crippen LogP contribution >= 0.6 is 23.2 Å². The number of rotatable bonds is 3. The molecule has 2 aromatic carbocycles. The van der Waals surface area contributed by atoms with Gasteiger partial charge in [0.1, 0.15) is 12.4 Å². The quantitative estimate of drug-likeness (QED) is 0.659. The lowest BCUT2D eigenvalue weighted by Gasteiger charge is -2.18. The first kappa shape index (κ1) is 17.8. The molecule has 0 amide bonds. The molecule has 0 aliphatic carbocycles. The van der Waals surface area contributed by atoms with Crippen LogP contribution in [0.1, 0.15) is 25.0 Å². The third kappa shape index (κ3) is 4.17. The Labute approximate surface area is 157 Å². The molecule has 3 nitrogen and oxygen atoms in total. The van der Waals surface area contributed by atoms with E-state index in [0.717, 1.165) is 5.56 Å². The molecule has 0 saturated carbocycles. The van der Waals surface area contributed by atoms with E-state index in [0.29, 0.717) is 33.5 Å². The highest BCUT2D eigenvalue weighted by Gasteiger charge is 2.29. The fourth-order valence-electron chi connectivity index (χ4n) is 2.60. The van der Waals surface area contributed by atoms with Crippen molar-refractivity contribution in [1.82, 2.24) is 0 Å². The van der Waals surface area contributed by atoms with Gasteiger partial charge in [0.2, 0.25) is 0 Å². The van der Waals surface area contributed by atoms with Gasteiger partial charge < -0.3 is 9.47 Å². The van der Waals surface area contributed by atoms with E-state index in [1.54, 1.807) is 12.1 Å². The lowest BCUT2D eigenvalue weighted by molar-refractivity contribution is -0.137. The van der Waals surface area contributed by atoms with E-state index in [1.807, 2.05) is 50.3 Å². The van der Waals surface area contributed by atoms with Crippen molar-refractivity contribution < 1.29 is 14.3 Å². The molecule has 2 aromatic rings. The summed E-state index contributed by atoms with van der Waals surface area (Å²) in [6.45, 7) is 4.61. The summed E-state index contributed by atoms with van der Waals surface area (Å²) in [5, 5.41) is 0.752. The van der Waals surface area contributed by atoms with Crippen molar-refractivity contribution in [3.05, 3.63) is 69.7 Å². The summed E-state index contributed by atoms with van der Waals surface area (Å²) < 4.78 is 11.3. The van der Waals surface area contributed by atoms with Gasteiger partial charge in [-0.25, -0.2) is 4.79 Å². The second kappa shape index (κ2) is 7.11. The Balaban J connectivity index is 1.93. The lowest BCUT2D eigenvalue weighted by atomic mass is 9.90. The van der Waals surface area contributed by atoms with E-state index in [4.69, 9.17) is 32.7 Å². The Morgan fingerprint density at radius 2 is 1.84 bits per heavy atom. The van der Waals surface area contributed by atoms with E-state index < -0.39 is 5.97 Å². The number of benzene rings is 2. The minimum atomic E-state index is -0.415. The first-order valence-corrected chi connectivity index (χ1v) is 8.67. The molecule has 0 bridgehead atoms. The number of hydrogen-bond acceptors (Lipinski definition) is 3. The molecular formula is C20H18Cl2O3. The summed E-state index contributed by atoms with van der Waals surface area (Å²) in [6, 6.07) is 12.8. The summed E-state index contributed by atoms with van der Waals surface area (Å²) in [4.78, 5) is 12.7. The van der Waals surface area contributed by atoms with Crippen LogP contribution in [0, 0.1) is 5.41 Å². The second-order valence-corrected chi connectivity index (χ2v) is 7.47. The lowest BCUT2D eigenvalue weighted by Crippen LogP contribution is -2.18. The zero-order valence-corrected chi connectivity index (χ0v) is 15.5. The third-order valence-electron chi connectivity index (χ3n) is 3.88. The summed E-state index contributed by atoms with van der Waals surface area (Å²) in [5.41, 5.74) is 1.62. The smallest absolute Gasteiger partial charge is 0.338 e. The monoisotopic (exact) mass is 376 g/mol. The zero-order chi connectivity index (χ0) is 18.0. The molecule has 0 N–H and O–H groups in total. The van der Waals surface area contributed by atoms with Crippen molar-refractivity contribution in [2.45, 2.75) is 20.5 Å².